The van der Waals surface area contributed by atoms with E-state index >= 15 is 0 Å². The molecule has 0 fully saturated rings. The molecular weight excluding hydrogens is 271 g/mol. The molecule has 0 heterocycles. The van der Waals surface area contributed by atoms with Gasteiger partial charge in [-0.15, -0.1) is 0 Å². The highest BCUT2D eigenvalue weighted by Gasteiger charge is 2.04. The lowest BCUT2D eigenvalue weighted by Gasteiger charge is -2.09. The summed E-state index contributed by atoms with van der Waals surface area (Å²) in [6.07, 6.45) is 0. The second-order valence-corrected chi connectivity index (χ2v) is 5.19. The van der Waals surface area contributed by atoms with Gasteiger partial charge in [-0.2, -0.15) is 0 Å². The van der Waals surface area contributed by atoms with Gasteiger partial charge in [0.1, 0.15) is 0 Å². The van der Waals surface area contributed by atoms with E-state index in [9.17, 15) is 4.79 Å². The fraction of sp³-hybridized carbons (Fsp3) is 0.462. The van der Waals surface area contributed by atoms with E-state index in [1.165, 1.54) is 0 Å². The SMILES string of the molecule is CC(C)C(=O)NCCNCc1ccc(Cl)c(Cl)c1. The number of carbonyl (C=O) groups excluding carboxylic acids is 1. The Kier molecular flexibility index (Phi) is 6.47. The second kappa shape index (κ2) is 7.62. The molecular formula is C13H18Cl2N2O. The fourth-order valence-corrected chi connectivity index (χ4v) is 1.68. The van der Waals surface area contributed by atoms with Crippen molar-refractivity contribution in [3.05, 3.63) is 33.8 Å². The Morgan fingerprint density at radius 2 is 1.94 bits per heavy atom. The molecule has 0 atom stereocenters. The quantitative estimate of drug-likeness (QED) is 0.791. The van der Waals surface area contributed by atoms with E-state index in [0.717, 1.165) is 12.1 Å². The number of halogens is 2. The maximum absolute atomic E-state index is 11.3. The maximum Gasteiger partial charge on any atom is 0.222 e. The topological polar surface area (TPSA) is 41.1 Å². The highest BCUT2D eigenvalue weighted by molar-refractivity contribution is 6.42. The van der Waals surface area contributed by atoms with E-state index in [-0.39, 0.29) is 11.8 Å². The molecule has 0 bridgehead atoms. The average molecular weight is 289 g/mol. The molecule has 5 heteroatoms. The minimum absolute atomic E-state index is 0.0278. The van der Waals surface area contributed by atoms with E-state index in [4.69, 9.17) is 23.2 Å². The van der Waals surface area contributed by atoms with Crippen LogP contribution in [0.1, 0.15) is 19.4 Å². The van der Waals surface area contributed by atoms with Crippen molar-refractivity contribution in [1.82, 2.24) is 10.6 Å². The van der Waals surface area contributed by atoms with Gasteiger partial charge in [-0.05, 0) is 17.7 Å². The third-order valence-electron chi connectivity index (χ3n) is 2.44. The van der Waals surface area contributed by atoms with Crippen molar-refractivity contribution in [2.75, 3.05) is 13.1 Å². The zero-order valence-corrected chi connectivity index (χ0v) is 12.1. The van der Waals surface area contributed by atoms with Crippen LogP contribution >= 0.6 is 23.2 Å². The molecule has 0 spiro atoms. The predicted molar refractivity (Wildman–Crippen MR) is 76.0 cm³/mol. The molecule has 0 aliphatic rings. The molecule has 0 saturated heterocycles. The largest absolute Gasteiger partial charge is 0.355 e. The van der Waals surface area contributed by atoms with Crippen LogP contribution in [0.25, 0.3) is 0 Å². The number of carbonyl (C=O) groups is 1. The van der Waals surface area contributed by atoms with Crippen LogP contribution in [0.15, 0.2) is 18.2 Å². The zero-order valence-electron chi connectivity index (χ0n) is 10.6. The summed E-state index contributed by atoms with van der Waals surface area (Å²) in [5.41, 5.74) is 1.07. The van der Waals surface area contributed by atoms with Gasteiger partial charge >= 0.3 is 0 Å². The van der Waals surface area contributed by atoms with Crippen molar-refractivity contribution < 1.29 is 4.79 Å². The fourth-order valence-electron chi connectivity index (χ4n) is 1.36. The summed E-state index contributed by atoms with van der Waals surface area (Å²) >= 11 is 11.7. The first-order chi connectivity index (χ1) is 8.50. The van der Waals surface area contributed by atoms with E-state index in [1.54, 1.807) is 6.07 Å². The van der Waals surface area contributed by atoms with Crippen molar-refractivity contribution in [3.63, 3.8) is 0 Å². The average Bonchev–Trinajstić information content (AvgIpc) is 2.32. The number of hydrogen-bond acceptors (Lipinski definition) is 2. The van der Waals surface area contributed by atoms with Crippen LogP contribution in [0.3, 0.4) is 0 Å². The smallest absolute Gasteiger partial charge is 0.222 e. The van der Waals surface area contributed by atoms with Crippen LogP contribution in [0.4, 0.5) is 0 Å². The normalized spacial score (nSPS) is 10.7. The van der Waals surface area contributed by atoms with Gasteiger partial charge in [0.25, 0.3) is 0 Å². The summed E-state index contributed by atoms with van der Waals surface area (Å²) in [7, 11) is 0. The Morgan fingerprint density at radius 1 is 1.22 bits per heavy atom. The molecule has 1 aromatic rings. The van der Waals surface area contributed by atoms with Gasteiger partial charge in [0.15, 0.2) is 0 Å². The molecule has 1 amide bonds. The third kappa shape index (κ3) is 5.25. The molecule has 0 aliphatic heterocycles. The molecule has 2 N–H and O–H groups in total. The van der Waals surface area contributed by atoms with Gasteiger partial charge in [-0.3, -0.25) is 4.79 Å². The first-order valence-corrected chi connectivity index (χ1v) is 6.68. The van der Waals surface area contributed by atoms with E-state index in [1.807, 2.05) is 26.0 Å². The van der Waals surface area contributed by atoms with Crippen LogP contribution in [0, 0.1) is 5.92 Å². The minimum atomic E-state index is 0.0278. The highest BCUT2D eigenvalue weighted by atomic mass is 35.5. The summed E-state index contributed by atoms with van der Waals surface area (Å²) in [6, 6.07) is 5.54. The molecule has 18 heavy (non-hydrogen) atoms. The first kappa shape index (κ1) is 15.3. The van der Waals surface area contributed by atoms with Crippen molar-refractivity contribution in [2.24, 2.45) is 5.92 Å². The molecule has 100 valence electrons. The Hall–Kier alpha value is -0.770. The summed E-state index contributed by atoms with van der Waals surface area (Å²) < 4.78 is 0. The van der Waals surface area contributed by atoms with Gasteiger partial charge in [0.2, 0.25) is 5.91 Å². The molecule has 0 aliphatic carbocycles. The molecule has 0 aromatic heterocycles. The minimum Gasteiger partial charge on any atom is -0.355 e. The number of amides is 1. The Morgan fingerprint density at radius 3 is 2.56 bits per heavy atom. The Bertz CT molecular complexity index is 408. The van der Waals surface area contributed by atoms with Crippen LogP contribution in [-0.4, -0.2) is 19.0 Å². The Labute approximate surface area is 118 Å². The van der Waals surface area contributed by atoms with E-state index in [0.29, 0.717) is 23.1 Å². The summed E-state index contributed by atoms with van der Waals surface area (Å²) in [4.78, 5) is 11.3. The van der Waals surface area contributed by atoms with Crippen LogP contribution in [-0.2, 0) is 11.3 Å². The maximum atomic E-state index is 11.3. The van der Waals surface area contributed by atoms with Gasteiger partial charge < -0.3 is 10.6 Å². The molecule has 0 saturated carbocycles. The highest BCUT2D eigenvalue weighted by Crippen LogP contribution is 2.22. The number of nitrogens with one attached hydrogen (secondary N) is 2. The van der Waals surface area contributed by atoms with Crippen molar-refractivity contribution in [1.29, 1.82) is 0 Å². The van der Waals surface area contributed by atoms with Gasteiger partial charge in [0, 0.05) is 25.6 Å². The summed E-state index contributed by atoms with van der Waals surface area (Å²) in [5, 5.41) is 7.19. The number of benzene rings is 1. The second-order valence-electron chi connectivity index (χ2n) is 4.37. The molecule has 0 unspecified atom stereocenters. The van der Waals surface area contributed by atoms with E-state index in [2.05, 4.69) is 10.6 Å². The molecule has 1 rings (SSSR count). The molecule has 0 radical (unpaired) electrons. The lowest BCUT2D eigenvalue weighted by atomic mass is 10.2. The third-order valence-corrected chi connectivity index (χ3v) is 3.18. The zero-order chi connectivity index (χ0) is 13.5. The number of rotatable bonds is 6. The first-order valence-electron chi connectivity index (χ1n) is 5.93. The van der Waals surface area contributed by atoms with E-state index < -0.39 is 0 Å². The molecule has 3 nitrogen and oxygen atoms in total. The van der Waals surface area contributed by atoms with Crippen LogP contribution < -0.4 is 10.6 Å². The predicted octanol–water partition coefficient (Wildman–Crippen LogP) is 2.86. The monoisotopic (exact) mass is 288 g/mol. The molecule has 1 aromatic carbocycles. The summed E-state index contributed by atoms with van der Waals surface area (Å²) in [6.45, 7) is 5.79. The van der Waals surface area contributed by atoms with Gasteiger partial charge in [-0.1, -0.05) is 43.1 Å². The number of hydrogen-bond donors (Lipinski definition) is 2. The lowest BCUT2D eigenvalue weighted by Crippen LogP contribution is -2.34. The van der Waals surface area contributed by atoms with Gasteiger partial charge in [0.05, 0.1) is 10.0 Å². The summed E-state index contributed by atoms with van der Waals surface area (Å²) in [5.74, 6) is 0.103. The Balaban J connectivity index is 2.22. The van der Waals surface area contributed by atoms with Crippen LogP contribution in [0.5, 0.6) is 0 Å². The lowest BCUT2D eigenvalue weighted by molar-refractivity contribution is -0.123. The van der Waals surface area contributed by atoms with Crippen molar-refractivity contribution >= 4 is 29.1 Å². The van der Waals surface area contributed by atoms with Crippen molar-refractivity contribution in [2.45, 2.75) is 20.4 Å². The van der Waals surface area contributed by atoms with Crippen molar-refractivity contribution in [3.8, 4) is 0 Å². The van der Waals surface area contributed by atoms with Crippen LogP contribution in [0.2, 0.25) is 10.0 Å². The standard InChI is InChI=1S/C13H18Cl2N2O/c1-9(2)13(18)17-6-5-16-8-10-3-4-11(14)12(15)7-10/h3-4,7,9,16H,5-6,8H2,1-2H3,(H,17,18). The van der Waals surface area contributed by atoms with Gasteiger partial charge in [-0.25, -0.2) is 0 Å².